The van der Waals surface area contributed by atoms with Gasteiger partial charge < -0.3 is 14.8 Å². The van der Waals surface area contributed by atoms with E-state index in [0.29, 0.717) is 17.1 Å². The van der Waals surface area contributed by atoms with Crippen LogP contribution in [-0.2, 0) is 4.79 Å². The van der Waals surface area contributed by atoms with E-state index in [1.807, 2.05) is 0 Å². The van der Waals surface area contributed by atoms with Gasteiger partial charge in [0.25, 0.3) is 5.91 Å². The van der Waals surface area contributed by atoms with E-state index in [4.69, 9.17) is 9.52 Å². The van der Waals surface area contributed by atoms with E-state index in [9.17, 15) is 9.59 Å². The van der Waals surface area contributed by atoms with Crippen molar-refractivity contribution in [1.29, 1.82) is 0 Å². The summed E-state index contributed by atoms with van der Waals surface area (Å²) in [4.78, 5) is 23.1. The van der Waals surface area contributed by atoms with Crippen LogP contribution >= 0.6 is 0 Å². The molecule has 0 aromatic carbocycles. The summed E-state index contributed by atoms with van der Waals surface area (Å²) in [6, 6.07) is -0.897. The van der Waals surface area contributed by atoms with E-state index >= 15 is 0 Å². The van der Waals surface area contributed by atoms with Crippen molar-refractivity contribution in [2.75, 3.05) is 0 Å². The standard InChI is InChI=1S/C13H19NO4/c1-6(2)11(13(16)17)14-12(15)10-7(3)8(4)18-9(10)5/h6,11H,1-5H3,(H,14,15)(H,16,17)/t11-/m0/s1. The molecule has 100 valence electrons. The Morgan fingerprint density at radius 3 is 2.06 bits per heavy atom. The second-order valence-electron chi connectivity index (χ2n) is 4.75. The highest BCUT2D eigenvalue weighted by Gasteiger charge is 2.26. The number of carbonyl (C=O) groups is 2. The Labute approximate surface area is 106 Å². The maximum absolute atomic E-state index is 12.1. The van der Waals surface area contributed by atoms with Gasteiger partial charge in [0.1, 0.15) is 17.6 Å². The summed E-state index contributed by atoms with van der Waals surface area (Å²) in [5.41, 5.74) is 1.18. The number of amides is 1. The van der Waals surface area contributed by atoms with E-state index in [1.54, 1.807) is 34.6 Å². The summed E-state index contributed by atoms with van der Waals surface area (Å²) in [6.45, 7) is 8.75. The van der Waals surface area contributed by atoms with Gasteiger partial charge in [0, 0.05) is 5.56 Å². The highest BCUT2D eigenvalue weighted by molar-refractivity contribution is 5.98. The van der Waals surface area contributed by atoms with Crippen molar-refractivity contribution in [3.63, 3.8) is 0 Å². The van der Waals surface area contributed by atoms with E-state index in [1.165, 1.54) is 0 Å². The maximum atomic E-state index is 12.1. The summed E-state index contributed by atoms with van der Waals surface area (Å²) in [5, 5.41) is 11.6. The van der Waals surface area contributed by atoms with Gasteiger partial charge in [-0.3, -0.25) is 4.79 Å². The van der Waals surface area contributed by atoms with Gasteiger partial charge in [-0.2, -0.15) is 0 Å². The van der Waals surface area contributed by atoms with Crippen LogP contribution in [0.5, 0.6) is 0 Å². The smallest absolute Gasteiger partial charge is 0.326 e. The zero-order valence-corrected chi connectivity index (χ0v) is 11.3. The minimum Gasteiger partial charge on any atom is -0.480 e. The highest BCUT2D eigenvalue weighted by Crippen LogP contribution is 2.20. The number of carbonyl (C=O) groups excluding carboxylic acids is 1. The molecule has 0 aliphatic rings. The average molecular weight is 253 g/mol. The Balaban J connectivity index is 2.98. The molecule has 0 radical (unpaired) electrons. The highest BCUT2D eigenvalue weighted by atomic mass is 16.4. The van der Waals surface area contributed by atoms with Crippen molar-refractivity contribution < 1.29 is 19.1 Å². The third kappa shape index (κ3) is 2.72. The van der Waals surface area contributed by atoms with E-state index in [0.717, 1.165) is 5.56 Å². The molecule has 5 heteroatoms. The molecular formula is C13H19NO4. The van der Waals surface area contributed by atoms with Crippen LogP contribution in [0.2, 0.25) is 0 Å². The fourth-order valence-corrected chi connectivity index (χ4v) is 1.85. The third-order valence-corrected chi connectivity index (χ3v) is 3.01. The predicted molar refractivity (Wildman–Crippen MR) is 66.6 cm³/mol. The van der Waals surface area contributed by atoms with Crippen molar-refractivity contribution in [3.8, 4) is 0 Å². The largest absolute Gasteiger partial charge is 0.480 e. The lowest BCUT2D eigenvalue weighted by Crippen LogP contribution is -2.44. The maximum Gasteiger partial charge on any atom is 0.326 e. The van der Waals surface area contributed by atoms with Crippen LogP contribution in [0.15, 0.2) is 4.42 Å². The molecule has 1 aromatic rings. The zero-order valence-electron chi connectivity index (χ0n) is 11.3. The number of aryl methyl sites for hydroxylation is 2. The van der Waals surface area contributed by atoms with Gasteiger partial charge in [-0.1, -0.05) is 13.8 Å². The van der Waals surface area contributed by atoms with Crippen LogP contribution in [0.4, 0.5) is 0 Å². The van der Waals surface area contributed by atoms with Gasteiger partial charge in [0.05, 0.1) is 5.56 Å². The van der Waals surface area contributed by atoms with Crippen molar-refractivity contribution in [2.24, 2.45) is 5.92 Å². The molecule has 0 aliphatic carbocycles. The van der Waals surface area contributed by atoms with Crippen LogP contribution in [-0.4, -0.2) is 23.0 Å². The number of rotatable bonds is 4. The SMILES string of the molecule is Cc1oc(C)c(C(=O)N[C@H](C(=O)O)C(C)C)c1C. The summed E-state index contributed by atoms with van der Waals surface area (Å²) < 4.78 is 5.36. The minimum absolute atomic E-state index is 0.180. The van der Waals surface area contributed by atoms with Crippen LogP contribution in [0.1, 0.15) is 41.3 Å². The van der Waals surface area contributed by atoms with Gasteiger partial charge in [-0.05, 0) is 26.7 Å². The molecule has 0 saturated heterocycles. The Morgan fingerprint density at radius 2 is 1.72 bits per heavy atom. The molecule has 1 heterocycles. The normalized spacial score (nSPS) is 12.6. The lowest BCUT2D eigenvalue weighted by Gasteiger charge is -2.17. The van der Waals surface area contributed by atoms with Crippen molar-refractivity contribution in [1.82, 2.24) is 5.32 Å². The topological polar surface area (TPSA) is 79.5 Å². The second-order valence-corrected chi connectivity index (χ2v) is 4.75. The molecule has 5 nitrogen and oxygen atoms in total. The first kappa shape index (κ1) is 14.3. The average Bonchev–Trinajstić information content (AvgIpc) is 2.48. The van der Waals surface area contributed by atoms with Crippen LogP contribution in [0, 0.1) is 26.7 Å². The molecule has 0 saturated carbocycles. The number of carboxylic acids is 1. The molecule has 18 heavy (non-hydrogen) atoms. The molecule has 1 amide bonds. The number of nitrogens with one attached hydrogen (secondary N) is 1. The number of furan rings is 1. The molecule has 0 fully saturated rings. The predicted octanol–water partition coefficient (Wildman–Crippen LogP) is 2.04. The number of carboxylic acid groups (broad SMARTS) is 1. The Kier molecular flexibility index (Phi) is 4.16. The molecular weight excluding hydrogens is 234 g/mol. The quantitative estimate of drug-likeness (QED) is 0.860. The lowest BCUT2D eigenvalue weighted by molar-refractivity contribution is -0.140. The van der Waals surface area contributed by atoms with Crippen molar-refractivity contribution >= 4 is 11.9 Å². The van der Waals surface area contributed by atoms with Crippen LogP contribution < -0.4 is 5.32 Å². The fraction of sp³-hybridized carbons (Fsp3) is 0.538. The van der Waals surface area contributed by atoms with Crippen molar-refractivity contribution in [3.05, 3.63) is 22.6 Å². The summed E-state index contributed by atoms with van der Waals surface area (Å²) in [7, 11) is 0. The zero-order chi connectivity index (χ0) is 14.0. The van der Waals surface area contributed by atoms with Crippen LogP contribution in [0.3, 0.4) is 0 Å². The molecule has 0 unspecified atom stereocenters. The molecule has 1 atom stereocenters. The molecule has 0 spiro atoms. The molecule has 1 aromatic heterocycles. The van der Waals surface area contributed by atoms with E-state index in [2.05, 4.69) is 5.32 Å². The molecule has 0 bridgehead atoms. The summed E-state index contributed by atoms with van der Waals surface area (Å²) >= 11 is 0. The Morgan fingerprint density at radius 1 is 1.17 bits per heavy atom. The Hall–Kier alpha value is -1.78. The van der Waals surface area contributed by atoms with Gasteiger partial charge >= 0.3 is 5.97 Å². The second kappa shape index (κ2) is 5.25. The van der Waals surface area contributed by atoms with Gasteiger partial charge in [-0.15, -0.1) is 0 Å². The van der Waals surface area contributed by atoms with Crippen molar-refractivity contribution in [2.45, 2.75) is 40.7 Å². The minimum atomic E-state index is -1.03. The van der Waals surface area contributed by atoms with E-state index in [-0.39, 0.29) is 5.92 Å². The first-order valence-electron chi connectivity index (χ1n) is 5.86. The first-order chi connectivity index (χ1) is 8.25. The van der Waals surface area contributed by atoms with Crippen LogP contribution in [0.25, 0.3) is 0 Å². The molecule has 0 aliphatic heterocycles. The molecule has 2 N–H and O–H groups in total. The fourth-order valence-electron chi connectivity index (χ4n) is 1.85. The summed E-state index contributed by atoms with van der Waals surface area (Å²) in [6.07, 6.45) is 0. The summed E-state index contributed by atoms with van der Waals surface area (Å²) in [5.74, 6) is -0.429. The number of hydrogen-bond donors (Lipinski definition) is 2. The molecule has 1 rings (SSSR count). The number of hydrogen-bond acceptors (Lipinski definition) is 3. The van der Waals surface area contributed by atoms with Gasteiger partial charge in [-0.25, -0.2) is 4.79 Å². The number of aliphatic carboxylic acids is 1. The van der Waals surface area contributed by atoms with Gasteiger partial charge in [0.15, 0.2) is 0 Å². The monoisotopic (exact) mass is 253 g/mol. The van der Waals surface area contributed by atoms with E-state index < -0.39 is 17.9 Å². The Bertz CT molecular complexity index is 474. The van der Waals surface area contributed by atoms with Gasteiger partial charge in [0.2, 0.25) is 0 Å². The lowest BCUT2D eigenvalue weighted by atomic mass is 10.0. The first-order valence-corrected chi connectivity index (χ1v) is 5.86. The third-order valence-electron chi connectivity index (χ3n) is 3.01.